The molecule has 10 heteroatoms. The van der Waals surface area contributed by atoms with Crippen LogP contribution in [-0.4, -0.2) is 42.6 Å². The van der Waals surface area contributed by atoms with Gasteiger partial charge in [-0.05, 0) is 31.2 Å². The molecule has 2 heterocycles. The first-order valence-corrected chi connectivity index (χ1v) is 10.4. The van der Waals surface area contributed by atoms with Gasteiger partial charge in [0, 0.05) is 24.4 Å². The maximum atomic E-state index is 12.4. The lowest BCUT2D eigenvalue weighted by Crippen LogP contribution is -2.34. The fraction of sp³-hybridized carbons (Fsp3) is 0.167. The zero-order valence-corrected chi connectivity index (χ0v) is 18.8. The number of nitrogens with one attached hydrogen (secondary N) is 1. The number of amides is 1. The van der Waals surface area contributed by atoms with E-state index >= 15 is 0 Å². The highest BCUT2D eigenvalue weighted by Gasteiger charge is 2.24. The Morgan fingerprint density at radius 1 is 1.09 bits per heavy atom. The Hall–Kier alpha value is -4.60. The van der Waals surface area contributed by atoms with E-state index in [1.54, 1.807) is 50.6 Å². The Kier molecular flexibility index (Phi) is 6.58. The largest absolute Gasteiger partial charge is 0.496 e. The highest BCUT2D eigenvalue weighted by Crippen LogP contribution is 2.35. The SMILES string of the molecule is CCOC(=O)C(=O)N(C)c1ccccc1-c1cnc(Nc2ccc(-c3cnco3)c(OC)c2)o1. The number of likely N-dealkylation sites (N-methyl/N-ethyl adjacent to an activating group) is 1. The van der Waals surface area contributed by atoms with Crippen molar-refractivity contribution in [3.05, 3.63) is 61.3 Å². The minimum atomic E-state index is -0.928. The van der Waals surface area contributed by atoms with E-state index in [1.165, 1.54) is 24.5 Å². The third-order valence-electron chi connectivity index (χ3n) is 4.94. The molecule has 174 valence electrons. The lowest BCUT2D eigenvalue weighted by atomic mass is 10.1. The molecule has 0 aliphatic carbocycles. The first-order valence-electron chi connectivity index (χ1n) is 10.4. The Balaban J connectivity index is 1.57. The number of carbonyl (C=O) groups is 2. The van der Waals surface area contributed by atoms with Crippen LogP contribution in [0.3, 0.4) is 0 Å². The molecule has 4 rings (SSSR count). The molecule has 0 aliphatic rings. The van der Waals surface area contributed by atoms with Gasteiger partial charge in [-0.1, -0.05) is 12.1 Å². The smallest absolute Gasteiger partial charge is 0.397 e. The van der Waals surface area contributed by atoms with Gasteiger partial charge in [0.15, 0.2) is 17.9 Å². The Labute approximate surface area is 195 Å². The first-order chi connectivity index (χ1) is 16.5. The van der Waals surface area contributed by atoms with Crippen LogP contribution in [0.4, 0.5) is 17.4 Å². The van der Waals surface area contributed by atoms with Crippen molar-refractivity contribution in [2.24, 2.45) is 0 Å². The fourth-order valence-corrected chi connectivity index (χ4v) is 3.31. The third kappa shape index (κ3) is 4.60. The van der Waals surface area contributed by atoms with Gasteiger partial charge in [0.05, 0.1) is 37.4 Å². The number of para-hydroxylation sites is 1. The van der Waals surface area contributed by atoms with Gasteiger partial charge in [0.25, 0.3) is 6.01 Å². The predicted molar refractivity (Wildman–Crippen MR) is 124 cm³/mol. The minimum Gasteiger partial charge on any atom is -0.496 e. The van der Waals surface area contributed by atoms with Crippen molar-refractivity contribution in [3.8, 4) is 28.4 Å². The van der Waals surface area contributed by atoms with Gasteiger partial charge in [-0.25, -0.2) is 14.8 Å². The second kappa shape index (κ2) is 9.90. The van der Waals surface area contributed by atoms with E-state index in [0.29, 0.717) is 34.2 Å². The number of esters is 1. The highest BCUT2D eigenvalue weighted by atomic mass is 16.5. The van der Waals surface area contributed by atoms with Crippen molar-refractivity contribution < 1.29 is 27.9 Å². The molecule has 0 bridgehead atoms. The summed E-state index contributed by atoms with van der Waals surface area (Å²) >= 11 is 0. The van der Waals surface area contributed by atoms with Crippen molar-refractivity contribution in [2.45, 2.75) is 6.92 Å². The van der Waals surface area contributed by atoms with Gasteiger partial charge in [-0.15, -0.1) is 0 Å². The number of methoxy groups -OCH3 is 1. The number of aromatic nitrogens is 2. The van der Waals surface area contributed by atoms with Gasteiger partial charge in [-0.2, -0.15) is 0 Å². The molecule has 0 saturated heterocycles. The molecule has 0 unspecified atom stereocenters. The standard InChI is InChI=1S/C24H22N4O6/c1-4-32-23(30)22(29)28(2)18-8-6-5-7-16(18)21-13-26-24(34-21)27-15-9-10-17(19(11-15)31-3)20-12-25-14-33-20/h5-14H,4H2,1-3H3,(H,26,27). The number of hydrogen-bond donors (Lipinski definition) is 1. The van der Waals surface area contributed by atoms with Crippen molar-refractivity contribution in [2.75, 3.05) is 31.0 Å². The second-order valence-corrected chi connectivity index (χ2v) is 7.04. The van der Waals surface area contributed by atoms with Crippen LogP contribution in [0.1, 0.15) is 6.92 Å². The summed E-state index contributed by atoms with van der Waals surface area (Å²) in [6, 6.07) is 12.7. The molecule has 1 N–H and O–H groups in total. The molecule has 0 atom stereocenters. The van der Waals surface area contributed by atoms with E-state index in [-0.39, 0.29) is 12.6 Å². The summed E-state index contributed by atoms with van der Waals surface area (Å²) in [5, 5.41) is 3.09. The number of ether oxygens (including phenoxy) is 2. The lowest BCUT2D eigenvalue weighted by Gasteiger charge is -2.18. The number of carbonyl (C=O) groups excluding carboxylic acids is 2. The van der Waals surface area contributed by atoms with E-state index in [1.807, 2.05) is 12.1 Å². The van der Waals surface area contributed by atoms with Crippen LogP contribution in [0.25, 0.3) is 22.6 Å². The average Bonchev–Trinajstić information content (AvgIpc) is 3.56. The molecular weight excluding hydrogens is 440 g/mol. The number of rotatable bonds is 7. The topological polar surface area (TPSA) is 120 Å². The second-order valence-electron chi connectivity index (χ2n) is 7.04. The van der Waals surface area contributed by atoms with Gasteiger partial charge >= 0.3 is 11.9 Å². The van der Waals surface area contributed by atoms with Crippen molar-refractivity contribution in [3.63, 3.8) is 0 Å². The zero-order valence-electron chi connectivity index (χ0n) is 18.8. The summed E-state index contributed by atoms with van der Waals surface area (Å²) in [5.74, 6) is -0.140. The van der Waals surface area contributed by atoms with Crippen LogP contribution in [0, 0.1) is 0 Å². The molecule has 0 saturated carbocycles. The molecule has 34 heavy (non-hydrogen) atoms. The summed E-state index contributed by atoms with van der Waals surface area (Å²) < 4.78 is 21.5. The van der Waals surface area contributed by atoms with Gasteiger partial charge in [0.2, 0.25) is 0 Å². The van der Waals surface area contributed by atoms with E-state index in [0.717, 1.165) is 5.56 Å². The zero-order chi connectivity index (χ0) is 24.1. The molecule has 2 aromatic carbocycles. The van der Waals surface area contributed by atoms with Crippen LogP contribution < -0.4 is 15.0 Å². The fourth-order valence-electron chi connectivity index (χ4n) is 3.31. The summed E-state index contributed by atoms with van der Waals surface area (Å²) in [4.78, 5) is 33.7. The summed E-state index contributed by atoms with van der Waals surface area (Å²) in [5.41, 5.74) is 2.49. The van der Waals surface area contributed by atoms with Gasteiger partial charge in [-0.3, -0.25) is 4.79 Å². The first kappa shape index (κ1) is 22.6. The lowest BCUT2D eigenvalue weighted by molar-refractivity contribution is -0.153. The maximum Gasteiger partial charge on any atom is 0.397 e. The van der Waals surface area contributed by atoms with Crippen LogP contribution in [0.2, 0.25) is 0 Å². The molecule has 4 aromatic rings. The predicted octanol–water partition coefficient (Wildman–Crippen LogP) is 4.27. The van der Waals surface area contributed by atoms with E-state index in [4.69, 9.17) is 18.3 Å². The van der Waals surface area contributed by atoms with E-state index in [2.05, 4.69) is 15.3 Å². The minimum absolute atomic E-state index is 0.112. The number of anilines is 3. The summed E-state index contributed by atoms with van der Waals surface area (Å²) in [6.45, 7) is 1.75. The summed E-state index contributed by atoms with van der Waals surface area (Å²) in [7, 11) is 3.06. The summed E-state index contributed by atoms with van der Waals surface area (Å²) in [6.07, 6.45) is 4.49. The van der Waals surface area contributed by atoms with Crippen molar-refractivity contribution in [1.82, 2.24) is 9.97 Å². The van der Waals surface area contributed by atoms with Crippen molar-refractivity contribution in [1.29, 1.82) is 0 Å². The van der Waals surface area contributed by atoms with Crippen LogP contribution in [-0.2, 0) is 14.3 Å². The van der Waals surface area contributed by atoms with Crippen LogP contribution in [0.5, 0.6) is 5.75 Å². The molecule has 0 spiro atoms. The monoisotopic (exact) mass is 462 g/mol. The molecule has 10 nitrogen and oxygen atoms in total. The number of hydrogen-bond acceptors (Lipinski definition) is 9. The number of benzene rings is 2. The highest BCUT2D eigenvalue weighted by molar-refractivity contribution is 6.38. The van der Waals surface area contributed by atoms with E-state index < -0.39 is 11.9 Å². The Bertz CT molecular complexity index is 1300. The maximum absolute atomic E-state index is 12.4. The molecule has 1 amide bonds. The normalized spacial score (nSPS) is 10.6. The Morgan fingerprint density at radius 2 is 1.91 bits per heavy atom. The van der Waals surface area contributed by atoms with Crippen LogP contribution in [0.15, 0.2) is 70.1 Å². The van der Waals surface area contributed by atoms with E-state index in [9.17, 15) is 9.59 Å². The van der Waals surface area contributed by atoms with Crippen LogP contribution >= 0.6 is 0 Å². The number of nitrogens with zero attached hydrogens (tertiary/aromatic N) is 3. The Morgan fingerprint density at radius 3 is 2.65 bits per heavy atom. The molecule has 0 fully saturated rings. The van der Waals surface area contributed by atoms with Gasteiger partial charge in [0.1, 0.15) is 5.75 Å². The molecule has 2 aromatic heterocycles. The molecular formula is C24H22N4O6. The third-order valence-corrected chi connectivity index (χ3v) is 4.94. The quantitative estimate of drug-likeness (QED) is 0.317. The van der Waals surface area contributed by atoms with Gasteiger partial charge < -0.3 is 28.5 Å². The van der Waals surface area contributed by atoms with Crippen molar-refractivity contribution >= 4 is 29.3 Å². The number of oxazole rings is 2. The average molecular weight is 462 g/mol. The molecule has 0 radical (unpaired) electrons. The molecule has 0 aliphatic heterocycles.